The van der Waals surface area contributed by atoms with E-state index in [1.54, 1.807) is 7.11 Å². The highest BCUT2D eigenvalue weighted by Gasteiger charge is 2.25. The molecule has 1 fully saturated rings. The molecule has 1 aliphatic rings. The van der Waals surface area contributed by atoms with Gasteiger partial charge in [0.25, 0.3) is 0 Å². The van der Waals surface area contributed by atoms with Crippen molar-refractivity contribution in [1.82, 2.24) is 20.5 Å². The second-order valence-corrected chi connectivity index (χ2v) is 7.70. The van der Waals surface area contributed by atoms with Crippen LogP contribution < -0.4 is 15.4 Å². The maximum absolute atomic E-state index is 5.65. The number of para-hydroxylation sites is 1. The number of aliphatic imine (C=N–C) groups is 1. The Balaban J connectivity index is 0.00000341. The van der Waals surface area contributed by atoms with Crippen molar-refractivity contribution in [3.8, 4) is 5.75 Å². The Kier molecular flexibility index (Phi) is 11.1. The fraction of sp³-hybridized carbons (Fsp3) is 0.500. The van der Waals surface area contributed by atoms with E-state index in [-0.39, 0.29) is 30.0 Å². The van der Waals surface area contributed by atoms with E-state index in [0.717, 1.165) is 44.3 Å². The average Bonchev–Trinajstić information content (AvgIpc) is 3.30. The minimum Gasteiger partial charge on any atom is -0.496 e. The van der Waals surface area contributed by atoms with Gasteiger partial charge < -0.3 is 15.4 Å². The van der Waals surface area contributed by atoms with E-state index in [0.29, 0.717) is 6.54 Å². The van der Waals surface area contributed by atoms with Gasteiger partial charge in [-0.15, -0.1) is 24.0 Å². The highest BCUT2D eigenvalue weighted by Crippen LogP contribution is 2.31. The number of nitrogens with one attached hydrogen (secondary N) is 2. The number of guanidine groups is 1. The lowest BCUT2D eigenvalue weighted by Gasteiger charge is -2.28. The van der Waals surface area contributed by atoms with E-state index in [2.05, 4.69) is 52.6 Å². The van der Waals surface area contributed by atoms with Gasteiger partial charge in [-0.2, -0.15) is 0 Å². The second kappa shape index (κ2) is 13.5. The molecule has 1 aliphatic heterocycles. The summed E-state index contributed by atoms with van der Waals surface area (Å²) in [4.78, 5) is 11.7. The summed E-state index contributed by atoms with van der Waals surface area (Å²) in [5.41, 5.74) is 3.76. The zero-order valence-corrected chi connectivity index (χ0v) is 21.3. The number of likely N-dealkylation sites (tertiary alicyclic amines) is 1. The molecule has 2 heterocycles. The van der Waals surface area contributed by atoms with Crippen LogP contribution in [0.2, 0.25) is 0 Å². The molecule has 2 N–H and O–H groups in total. The predicted octanol–water partition coefficient (Wildman–Crippen LogP) is 3.95. The summed E-state index contributed by atoms with van der Waals surface area (Å²) in [6.07, 6.45) is 7.22. The number of methoxy groups -OCH3 is 1. The lowest BCUT2D eigenvalue weighted by atomic mass is 10.0. The number of aromatic nitrogens is 1. The van der Waals surface area contributed by atoms with Gasteiger partial charge in [-0.25, -0.2) is 0 Å². The quantitative estimate of drug-likeness (QED) is 0.288. The molecule has 1 saturated heterocycles. The Morgan fingerprint density at radius 3 is 2.68 bits per heavy atom. The zero-order chi connectivity index (χ0) is 21.2. The van der Waals surface area contributed by atoms with E-state index in [4.69, 9.17) is 9.73 Å². The van der Waals surface area contributed by atoms with Gasteiger partial charge in [-0.3, -0.25) is 14.9 Å². The minimum atomic E-state index is 0. The molecule has 1 unspecified atom stereocenters. The molecule has 0 spiro atoms. The summed E-state index contributed by atoms with van der Waals surface area (Å²) in [5.74, 6) is 1.80. The molecule has 170 valence electrons. The number of ether oxygens (including phenoxy) is 1. The molecule has 31 heavy (non-hydrogen) atoms. The number of aryl methyl sites for hydroxylation is 1. The van der Waals surface area contributed by atoms with E-state index < -0.39 is 0 Å². The van der Waals surface area contributed by atoms with Crippen LogP contribution in [0, 0.1) is 6.92 Å². The largest absolute Gasteiger partial charge is 0.496 e. The number of hydrogen-bond donors (Lipinski definition) is 2. The van der Waals surface area contributed by atoms with Crippen LogP contribution in [0.3, 0.4) is 0 Å². The van der Waals surface area contributed by atoms with Crippen LogP contribution in [0.25, 0.3) is 0 Å². The fourth-order valence-corrected chi connectivity index (χ4v) is 4.02. The standard InChI is InChI=1S/C24H35N5O.HI/c1-4-26-24(27-14-12-20-11-13-25-17-19(20)2)28-18-22(29-15-7-8-16-29)21-9-5-6-10-23(21)30-3;/h5-6,9-11,13,17,22H,4,7-8,12,14-16,18H2,1-3H3,(H2,26,27,28);1H. The van der Waals surface area contributed by atoms with Gasteiger partial charge in [-0.1, -0.05) is 18.2 Å². The summed E-state index contributed by atoms with van der Waals surface area (Å²) in [6, 6.07) is 10.6. The van der Waals surface area contributed by atoms with Gasteiger partial charge >= 0.3 is 0 Å². The molecule has 0 bridgehead atoms. The first kappa shape index (κ1) is 25.4. The van der Waals surface area contributed by atoms with Crippen LogP contribution in [0.4, 0.5) is 0 Å². The van der Waals surface area contributed by atoms with E-state index in [1.807, 2.05) is 24.5 Å². The lowest BCUT2D eigenvalue weighted by Crippen LogP contribution is -2.39. The van der Waals surface area contributed by atoms with E-state index in [9.17, 15) is 0 Å². The first-order chi connectivity index (χ1) is 14.7. The molecule has 1 aromatic carbocycles. The Labute approximate surface area is 203 Å². The van der Waals surface area contributed by atoms with Crippen molar-refractivity contribution in [2.24, 2.45) is 4.99 Å². The number of halogens is 1. The monoisotopic (exact) mass is 537 g/mol. The molecular formula is C24H36IN5O. The minimum absolute atomic E-state index is 0. The maximum Gasteiger partial charge on any atom is 0.191 e. The molecule has 0 aliphatic carbocycles. The molecule has 2 aromatic rings. The van der Waals surface area contributed by atoms with Crippen molar-refractivity contribution in [3.63, 3.8) is 0 Å². The summed E-state index contributed by atoms with van der Waals surface area (Å²) in [5, 5.41) is 6.88. The SMILES string of the molecule is CCNC(=NCC(c1ccccc1OC)N1CCCC1)NCCc1ccncc1C.I. The highest BCUT2D eigenvalue weighted by molar-refractivity contribution is 14.0. The number of pyridine rings is 1. The number of hydrogen-bond acceptors (Lipinski definition) is 4. The normalized spacial score (nSPS) is 15.3. The Morgan fingerprint density at radius 1 is 1.19 bits per heavy atom. The lowest BCUT2D eigenvalue weighted by molar-refractivity contribution is 0.245. The van der Waals surface area contributed by atoms with Crippen molar-refractivity contribution < 1.29 is 4.74 Å². The van der Waals surface area contributed by atoms with Crippen LogP contribution in [0.15, 0.2) is 47.7 Å². The molecule has 0 saturated carbocycles. The van der Waals surface area contributed by atoms with Crippen LogP contribution in [-0.4, -0.2) is 55.7 Å². The Bertz CT molecular complexity index is 823. The first-order valence-electron chi connectivity index (χ1n) is 11.0. The van der Waals surface area contributed by atoms with E-state index in [1.165, 1.54) is 29.5 Å². The third kappa shape index (κ3) is 7.35. The Morgan fingerprint density at radius 2 is 1.97 bits per heavy atom. The summed E-state index contributed by atoms with van der Waals surface area (Å²) in [6.45, 7) is 8.80. The predicted molar refractivity (Wildman–Crippen MR) is 139 cm³/mol. The summed E-state index contributed by atoms with van der Waals surface area (Å²) in [7, 11) is 1.75. The molecule has 6 nitrogen and oxygen atoms in total. The molecule has 1 atom stereocenters. The van der Waals surface area contributed by atoms with Gasteiger partial charge in [0, 0.05) is 31.0 Å². The van der Waals surface area contributed by atoms with Crippen molar-refractivity contribution in [2.75, 3.05) is 39.8 Å². The van der Waals surface area contributed by atoms with Crippen LogP contribution in [0.1, 0.15) is 42.5 Å². The van der Waals surface area contributed by atoms with Crippen molar-refractivity contribution in [3.05, 3.63) is 59.4 Å². The first-order valence-corrected chi connectivity index (χ1v) is 11.0. The molecule has 0 amide bonds. The third-order valence-electron chi connectivity index (χ3n) is 5.67. The topological polar surface area (TPSA) is 61.8 Å². The van der Waals surface area contributed by atoms with Crippen LogP contribution in [0.5, 0.6) is 5.75 Å². The van der Waals surface area contributed by atoms with Gasteiger partial charge in [0.1, 0.15) is 5.75 Å². The molecule has 7 heteroatoms. The molecule has 1 aromatic heterocycles. The smallest absolute Gasteiger partial charge is 0.191 e. The summed E-state index contributed by atoms with van der Waals surface area (Å²) >= 11 is 0. The highest BCUT2D eigenvalue weighted by atomic mass is 127. The summed E-state index contributed by atoms with van der Waals surface area (Å²) < 4.78 is 5.65. The van der Waals surface area contributed by atoms with Gasteiger partial charge in [0.15, 0.2) is 5.96 Å². The van der Waals surface area contributed by atoms with Crippen LogP contribution >= 0.6 is 24.0 Å². The van der Waals surface area contributed by atoms with Crippen molar-refractivity contribution in [2.45, 2.75) is 39.2 Å². The average molecular weight is 537 g/mol. The molecule has 0 radical (unpaired) electrons. The van der Waals surface area contributed by atoms with Crippen molar-refractivity contribution >= 4 is 29.9 Å². The van der Waals surface area contributed by atoms with Crippen molar-refractivity contribution in [1.29, 1.82) is 0 Å². The Hall–Kier alpha value is -1.87. The second-order valence-electron chi connectivity index (χ2n) is 7.70. The number of nitrogens with zero attached hydrogens (tertiary/aromatic N) is 3. The zero-order valence-electron chi connectivity index (χ0n) is 18.9. The number of benzene rings is 1. The molecule has 3 rings (SSSR count). The fourth-order valence-electron chi connectivity index (χ4n) is 4.02. The van der Waals surface area contributed by atoms with Gasteiger partial charge in [0.2, 0.25) is 0 Å². The van der Waals surface area contributed by atoms with E-state index >= 15 is 0 Å². The molecular weight excluding hydrogens is 501 g/mol. The van der Waals surface area contributed by atoms with Crippen LogP contribution in [-0.2, 0) is 6.42 Å². The van der Waals surface area contributed by atoms with Gasteiger partial charge in [-0.05, 0) is 69.5 Å². The van der Waals surface area contributed by atoms with Gasteiger partial charge in [0.05, 0.1) is 19.7 Å². The number of rotatable bonds is 9. The maximum atomic E-state index is 5.65. The third-order valence-corrected chi connectivity index (χ3v) is 5.67.